The van der Waals surface area contributed by atoms with E-state index in [1.807, 2.05) is 0 Å². The Morgan fingerprint density at radius 3 is 2.60 bits per heavy atom. The molecule has 0 aliphatic rings. The van der Waals surface area contributed by atoms with Crippen LogP contribution in [0, 0.1) is 0 Å². The van der Waals surface area contributed by atoms with Crippen LogP contribution < -0.4 is 0 Å². The molecule has 0 spiro atoms. The zero-order valence-corrected chi connectivity index (χ0v) is 9.34. The van der Waals surface area contributed by atoms with Gasteiger partial charge in [-0.1, -0.05) is 18.5 Å². The van der Waals surface area contributed by atoms with E-state index in [9.17, 15) is 13.2 Å². The van der Waals surface area contributed by atoms with Crippen molar-refractivity contribution in [2.24, 2.45) is 0 Å². The Kier molecular flexibility index (Phi) is 3.31. The molecule has 0 unspecified atom stereocenters. The lowest BCUT2D eigenvalue weighted by Gasteiger charge is -2.04. The summed E-state index contributed by atoms with van der Waals surface area (Å²) in [6.45, 7) is 1.43. The van der Waals surface area contributed by atoms with Gasteiger partial charge in [0.15, 0.2) is 15.5 Å². The van der Waals surface area contributed by atoms with Gasteiger partial charge in [-0.05, 0) is 12.1 Å². The van der Waals surface area contributed by atoms with Gasteiger partial charge in [-0.3, -0.25) is 0 Å². The summed E-state index contributed by atoms with van der Waals surface area (Å²) in [5, 5.41) is 8.71. The van der Waals surface area contributed by atoms with Crippen LogP contribution in [0.5, 0.6) is 0 Å². The number of pyridine rings is 1. The molecule has 0 aliphatic heterocycles. The minimum atomic E-state index is -3.59. The first-order valence-electron chi connectivity index (χ1n) is 4.01. The third kappa shape index (κ3) is 2.45. The van der Waals surface area contributed by atoms with Crippen molar-refractivity contribution >= 4 is 27.4 Å². The minimum Gasteiger partial charge on any atom is -0.476 e. The van der Waals surface area contributed by atoms with Gasteiger partial charge in [0, 0.05) is 0 Å². The monoisotopic (exact) mass is 249 g/mol. The lowest BCUT2D eigenvalue weighted by molar-refractivity contribution is 0.0686. The highest BCUT2D eigenvalue weighted by atomic mass is 35.5. The number of rotatable bonds is 3. The van der Waals surface area contributed by atoms with Crippen LogP contribution in [0.4, 0.5) is 0 Å². The fourth-order valence-corrected chi connectivity index (χ4v) is 2.14. The molecule has 1 N–H and O–H groups in total. The number of carboxylic acid groups (broad SMARTS) is 1. The molecule has 0 saturated carbocycles. The molecule has 82 valence electrons. The van der Waals surface area contributed by atoms with Crippen LogP contribution in [0.2, 0.25) is 5.15 Å². The van der Waals surface area contributed by atoms with Gasteiger partial charge in [0.25, 0.3) is 0 Å². The van der Waals surface area contributed by atoms with Gasteiger partial charge < -0.3 is 5.11 Å². The van der Waals surface area contributed by atoms with Gasteiger partial charge in [0.2, 0.25) is 0 Å². The normalized spacial score (nSPS) is 11.3. The molecule has 0 fully saturated rings. The Bertz CT molecular complexity index is 497. The van der Waals surface area contributed by atoms with Crippen molar-refractivity contribution in [2.75, 3.05) is 5.75 Å². The van der Waals surface area contributed by atoms with Crippen molar-refractivity contribution in [2.45, 2.75) is 11.8 Å². The summed E-state index contributed by atoms with van der Waals surface area (Å²) < 4.78 is 23.0. The largest absolute Gasteiger partial charge is 0.476 e. The molecule has 15 heavy (non-hydrogen) atoms. The van der Waals surface area contributed by atoms with Crippen molar-refractivity contribution < 1.29 is 18.3 Å². The summed E-state index contributed by atoms with van der Waals surface area (Å²) in [5.41, 5.74) is -0.538. The van der Waals surface area contributed by atoms with Crippen molar-refractivity contribution in [3.8, 4) is 0 Å². The smallest absolute Gasteiger partial charge is 0.355 e. The number of hydrogen-bond donors (Lipinski definition) is 1. The molecule has 1 aromatic heterocycles. The summed E-state index contributed by atoms with van der Waals surface area (Å²) >= 11 is 5.48. The molecule has 1 aromatic rings. The van der Waals surface area contributed by atoms with Crippen molar-refractivity contribution in [1.82, 2.24) is 4.98 Å². The minimum absolute atomic E-state index is 0.0533. The third-order valence-corrected chi connectivity index (χ3v) is 3.71. The molecule has 1 rings (SSSR count). The van der Waals surface area contributed by atoms with Crippen LogP contribution in [0.3, 0.4) is 0 Å². The quantitative estimate of drug-likeness (QED) is 0.815. The number of aromatic nitrogens is 1. The summed E-state index contributed by atoms with van der Waals surface area (Å²) in [4.78, 5) is 13.9. The second-order valence-electron chi connectivity index (χ2n) is 2.69. The number of carboxylic acids is 1. The topological polar surface area (TPSA) is 84.3 Å². The molecule has 0 saturated heterocycles. The van der Waals surface area contributed by atoms with E-state index < -0.39 is 21.5 Å². The Morgan fingerprint density at radius 1 is 1.53 bits per heavy atom. The number of sulfone groups is 1. The average Bonchev–Trinajstić information content (AvgIpc) is 2.17. The summed E-state index contributed by atoms with van der Waals surface area (Å²) in [5.74, 6) is -1.60. The molecule has 0 atom stereocenters. The van der Waals surface area contributed by atoms with Gasteiger partial charge >= 0.3 is 5.97 Å². The van der Waals surface area contributed by atoms with E-state index in [-0.39, 0.29) is 15.8 Å². The first kappa shape index (κ1) is 11.9. The molecule has 0 aromatic carbocycles. The van der Waals surface area contributed by atoms with Gasteiger partial charge in [0.05, 0.1) is 5.75 Å². The highest BCUT2D eigenvalue weighted by Gasteiger charge is 2.22. The lowest BCUT2D eigenvalue weighted by Crippen LogP contribution is -2.12. The van der Waals surface area contributed by atoms with Crippen LogP contribution in [0.1, 0.15) is 17.4 Å². The van der Waals surface area contributed by atoms with Crippen molar-refractivity contribution in [1.29, 1.82) is 0 Å². The van der Waals surface area contributed by atoms with Crippen LogP contribution in [-0.2, 0) is 9.84 Å². The predicted octanol–water partition coefficient (Wildman–Crippen LogP) is 1.23. The average molecular weight is 250 g/mol. The Labute approximate surface area is 91.6 Å². The predicted molar refractivity (Wildman–Crippen MR) is 53.9 cm³/mol. The fraction of sp³-hybridized carbons (Fsp3) is 0.250. The van der Waals surface area contributed by atoms with E-state index in [4.69, 9.17) is 16.7 Å². The summed E-state index contributed by atoms with van der Waals surface area (Å²) in [7, 11) is -3.59. The molecule has 0 amide bonds. The number of aromatic carboxylic acids is 1. The second-order valence-corrected chi connectivity index (χ2v) is 5.32. The SMILES string of the molecule is CCS(=O)(=O)c1ccc(Cl)nc1C(=O)O. The molecule has 5 nitrogen and oxygen atoms in total. The molecule has 1 heterocycles. The maximum Gasteiger partial charge on any atom is 0.355 e. The molecule has 7 heteroatoms. The van der Waals surface area contributed by atoms with Crippen LogP contribution in [0.15, 0.2) is 17.0 Å². The standard InChI is InChI=1S/C8H8ClNO4S/c1-2-15(13,14)5-3-4-6(9)10-7(5)8(11)12/h3-4H,2H2,1H3,(H,11,12). The Hall–Kier alpha value is -1.14. The van der Waals surface area contributed by atoms with Gasteiger partial charge in [-0.2, -0.15) is 0 Å². The number of halogens is 1. The molecule has 0 radical (unpaired) electrons. The van der Waals surface area contributed by atoms with Crippen LogP contribution >= 0.6 is 11.6 Å². The molecule has 0 aliphatic carbocycles. The maximum absolute atomic E-state index is 11.5. The Morgan fingerprint density at radius 2 is 2.13 bits per heavy atom. The number of nitrogens with zero attached hydrogens (tertiary/aromatic N) is 1. The van der Waals surface area contributed by atoms with E-state index in [0.29, 0.717) is 0 Å². The summed E-state index contributed by atoms with van der Waals surface area (Å²) in [6, 6.07) is 2.40. The van der Waals surface area contributed by atoms with Gasteiger partial charge in [-0.25, -0.2) is 18.2 Å². The molecule has 0 bridgehead atoms. The fourth-order valence-electron chi connectivity index (χ4n) is 0.982. The first-order valence-corrected chi connectivity index (χ1v) is 6.04. The third-order valence-electron chi connectivity index (χ3n) is 1.74. The summed E-state index contributed by atoms with van der Waals surface area (Å²) in [6.07, 6.45) is 0. The highest BCUT2D eigenvalue weighted by molar-refractivity contribution is 7.91. The van der Waals surface area contributed by atoms with E-state index >= 15 is 0 Å². The zero-order valence-electron chi connectivity index (χ0n) is 7.77. The van der Waals surface area contributed by atoms with Crippen LogP contribution in [-0.4, -0.2) is 30.2 Å². The van der Waals surface area contributed by atoms with E-state index in [1.165, 1.54) is 13.0 Å². The van der Waals surface area contributed by atoms with Gasteiger partial charge in [0.1, 0.15) is 10.0 Å². The van der Waals surface area contributed by atoms with Crippen LogP contribution in [0.25, 0.3) is 0 Å². The van der Waals surface area contributed by atoms with Crippen molar-refractivity contribution in [3.05, 3.63) is 23.0 Å². The van der Waals surface area contributed by atoms with Gasteiger partial charge in [-0.15, -0.1) is 0 Å². The number of carbonyl (C=O) groups is 1. The molecular formula is C8H8ClNO4S. The first-order chi connectivity index (χ1) is 6.88. The Balaban J connectivity index is 3.49. The van der Waals surface area contributed by atoms with E-state index in [2.05, 4.69) is 4.98 Å². The lowest BCUT2D eigenvalue weighted by atomic mass is 10.3. The van der Waals surface area contributed by atoms with E-state index in [1.54, 1.807) is 0 Å². The second kappa shape index (κ2) is 4.16. The molecular weight excluding hydrogens is 242 g/mol. The number of hydrogen-bond acceptors (Lipinski definition) is 4. The van der Waals surface area contributed by atoms with E-state index in [0.717, 1.165) is 6.07 Å². The maximum atomic E-state index is 11.5. The highest BCUT2D eigenvalue weighted by Crippen LogP contribution is 2.18. The van der Waals surface area contributed by atoms with Crippen molar-refractivity contribution in [3.63, 3.8) is 0 Å². The zero-order chi connectivity index (χ0) is 11.6.